The SMILES string of the molecule is CC(O)(C(=O)Nc1ccc(S(=O)(=O)c2ncccn2)cc1)C(F)(F)F. The van der Waals surface area contributed by atoms with Gasteiger partial charge in [0, 0.05) is 18.1 Å². The van der Waals surface area contributed by atoms with Crippen molar-refractivity contribution in [2.45, 2.75) is 28.8 Å². The number of nitrogens with one attached hydrogen (secondary N) is 1. The molecule has 7 nitrogen and oxygen atoms in total. The molecule has 0 saturated heterocycles. The van der Waals surface area contributed by atoms with Gasteiger partial charge in [0.05, 0.1) is 4.90 Å². The van der Waals surface area contributed by atoms with E-state index >= 15 is 0 Å². The molecule has 11 heteroatoms. The molecule has 0 fully saturated rings. The van der Waals surface area contributed by atoms with Crippen LogP contribution in [-0.2, 0) is 14.6 Å². The number of nitrogens with zero attached hydrogens (tertiary/aromatic N) is 2. The summed E-state index contributed by atoms with van der Waals surface area (Å²) in [5.41, 5.74) is -3.71. The van der Waals surface area contributed by atoms with E-state index in [0.717, 1.165) is 24.3 Å². The van der Waals surface area contributed by atoms with E-state index in [4.69, 9.17) is 0 Å². The number of sulfone groups is 1. The molecule has 0 radical (unpaired) electrons. The zero-order valence-corrected chi connectivity index (χ0v) is 13.5. The van der Waals surface area contributed by atoms with Gasteiger partial charge in [-0.1, -0.05) is 0 Å². The molecule has 1 heterocycles. The minimum Gasteiger partial charge on any atom is -0.373 e. The largest absolute Gasteiger partial charge is 0.426 e. The zero-order chi connectivity index (χ0) is 18.9. The normalized spacial score (nSPS) is 14.6. The number of rotatable bonds is 4. The third kappa shape index (κ3) is 3.77. The number of alkyl halides is 3. The van der Waals surface area contributed by atoms with Gasteiger partial charge in [-0.3, -0.25) is 4.79 Å². The zero-order valence-electron chi connectivity index (χ0n) is 12.6. The van der Waals surface area contributed by atoms with Crippen LogP contribution in [0.4, 0.5) is 18.9 Å². The average Bonchev–Trinajstić information content (AvgIpc) is 2.55. The second-order valence-corrected chi connectivity index (χ2v) is 6.93. The smallest absolute Gasteiger partial charge is 0.373 e. The highest BCUT2D eigenvalue weighted by Crippen LogP contribution is 2.31. The first kappa shape index (κ1) is 18.8. The van der Waals surface area contributed by atoms with Crippen molar-refractivity contribution in [1.82, 2.24) is 9.97 Å². The topological polar surface area (TPSA) is 109 Å². The third-order valence-corrected chi connectivity index (χ3v) is 4.78. The van der Waals surface area contributed by atoms with Crippen molar-refractivity contribution in [2.24, 2.45) is 0 Å². The van der Waals surface area contributed by atoms with Crippen LogP contribution in [0.1, 0.15) is 6.92 Å². The first-order chi connectivity index (χ1) is 11.5. The number of halogens is 3. The summed E-state index contributed by atoms with van der Waals surface area (Å²) in [5.74, 6) is -1.69. The summed E-state index contributed by atoms with van der Waals surface area (Å²) in [4.78, 5) is 18.6. The molecule has 0 aliphatic carbocycles. The highest BCUT2D eigenvalue weighted by Gasteiger charge is 2.55. The number of carbonyl (C=O) groups excluding carboxylic acids is 1. The fraction of sp³-hybridized carbons (Fsp3) is 0.214. The van der Waals surface area contributed by atoms with Gasteiger partial charge in [0.1, 0.15) is 0 Å². The Hall–Kier alpha value is -2.53. The van der Waals surface area contributed by atoms with E-state index in [9.17, 15) is 31.5 Å². The Morgan fingerprint density at radius 1 is 1.12 bits per heavy atom. The average molecular weight is 375 g/mol. The van der Waals surface area contributed by atoms with Crippen LogP contribution in [0.3, 0.4) is 0 Å². The molecule has 0 bridgehead atoms. The summed E-state index contributed by atoms with van der Waals surface area (Å²) in [5, 5.41) is 10.7. The molecule has 1 aromatic carbocycles. The predicted octanol–water partition coefficient (Wildman–Crippen LogP) is 1.56. The van der Waals surface area contributed by atoms with E-state index in [1.807, 2.05) is 5.32 Å². The number of aromatic nitrogens is 2. The van der Waals surface area contributed by atoms with Crippen molar-refractivity contribution in [2.75, 3.05) is 5.32 Å². The van der Waals surface area contributed by atoms with Gasteiger partial charge in [-0.05, 0) is 37.3 Å². The summed E-state index contributed by atoms with van der Waals surface area (Å²) in [7, 11) is -4.00. The Balaban J connectivity index is 2.23. The number of hydrogen-bond acceptors (Lipinski definition) is 6. The first-order valence-corrected chi connectivity index (χ1v) is 8.17. The van der Waals surface area contributed by atoms with Gasteiger partial charge in [0.15, 0.2) is 0 Å². The molecule has 1 unspecified atom stereocenters. The summed E-state index contributed by atoms with van der Waals surface area (Å²) in [6.07, 6.45) is -2.67. The Bertz CT molecular complexity index is 866. The Morgan fingerprint density at radius 3 is 2.12 bits per heavy atom. The molecule has 2 N–H and O–H groups in total. The summed E-state index contributed by atoms with van der Waals surface area (Å²) >= 11 is 0. The fourth-order valence-corrected chi connectivity index (χ4v) is 2.73. The van der Waals surface area contributed by atoms with Gasteiger partial charge in [-0.15, -0.1) is 0 Å². The minimum absolute atomic E-state index is 0.123. The minimum atomic E-state index is -5.16. The highest BCUT2D eigenvalue weighted by molar-refractivity contribution is 7.91. The molecule has 0 saturated carbocycles. The second-order valence-electron chi connectivity index (χ2n) is 5.08. The molecule has 1 amide bonds. The van der Waals surface area contributed by atoms with Crippen LogP contribution in [0.5, 0.6) is 0 Å². The van der Waals surface area contributed by atoms with Crippen LogP contribution in [0, 0.1) is 0 Å². The number of aliphatic hydroxyl groups is 1. The molecule has 0 spiro atoms. The van der Waals surface area contributed by atoms with Gasteiger partial charge in [0.2, 0.25) is 15.4 Å². The monoisotopic (exact) mass is 375 g/mol. The van der Waals surface area contributed by atoms with Crippen LogP contribution in [0.25, 0.3) is 0 Å². The molecule has 1 atom stereocenters. The molecule has 0 aliphatic heterocycles. The lowest BCUT2D eigenvalue weighted by molar-refractivity contribution is -0.242. The predicted molar refractivity (Wildman–Crippen MR) is 79.2 cm³/mol. The Labute approximate surface area is 140 Å². The highest BCUT2D eigenvalue weighted by atomic mass is 32.2. The van der Waals surface area contributed by atoms with Crippen molar-refractivity contribution in [1.29, 1.82) is 0 Å². The van der Waals surface area contributed by atoms with E-state index in [1.165, 1.54) is 18.5 Å². The van der Waals surface area contributed by atoms with Crippen molar-refractivity contribution in [3.05, 3.63) is 42.7 Å². The van der Waals surface area contributed by atoms with Gasteiger partial charge in [-0.25, -0.2) is 18.4 Å². The molecule has 25 heavy (non-hydrogen) atoms. The number of benzene rings is 1. The standard InChI is InChI=1S/C14H12F3N3O4S/c1-13(22,14(15,16)17)11(21)20-9-3-5-10(6-4-9)25(23,24)12-18-7-2-8-19-12/h2-8,22H,1H3,(H,20,21). The van der Waals surface area contributed by atoms with Crippen LogP contribution in [0.2, 0.25) is 0 Å². The Morgan fingerprint density at radius 2 is 1.64 bits per heavy atom. The van der Waals surface area contributed by atoms with E-state index in [-0.39, 0.29) is 10.6 Å². The molecule has 1 aromatic heterocycles. The summed E-state index contributed by atoms with van der Waals surface area (Å²) in [6.45, 7) is 0.313. The maximum Gasteiger partial charge on any atom is 0.426 e. The fourth-order valence-electron chi connectivity index (χ4n) is 1.63. The number of carbonyl (C=O) groups is 1. The van der Waals surface area contributed by atoms with Crippen LogP contribution in [-0.4, -0.2) is 41.2 Å². The maximum absolute atomic E-state index is 12.6. The molecular weight excluding hydrogens is 363 g/mol. The molecular formula is C14H12F3N3O4S. The van der Waals surface area contributed by atoms with Gasteiger partial charge < -0.3 is 10.4 Å². The first-order valence-electron chi connectivity index (χ1n) is 6.69. The molecule has 2 rings (SSSR count). The Kier molecular flexibility index (Phi) is 4.82. The number of anilines is 1. The molecule has 0 aliphatic rings. The number of hydrogen-bond donors (Lipinski definition) is 2. The van der Waals surface area contributed by atoms with E-state index in [0.29, 0.717) is 6.92 Å². The van der Waals surface area contributed by atoms with Gasteiger partial charge in [-0.2, -0.15) is 13.2 Å². The van der Waals surface area contributed by atoms with Gasteiger partial charge >= 0.3 is 6.18 Å². The third-order valence-electron chi connectivity index (χ3n) is 3.20. The number of amides is 1. The van der Waals surface area contributed by atoms with E-state index in [2.05, 4.69) is 9.97 Å². The van der Waals surface area contributed by atoms with Crippen molar-refractivity contribution in [3.63, 3.8) is 0 Å². The molecule has 134 valence electrons. The lowest BCUT2D eigenvalue weighted by atomic mass is 10.1. The summed E-state index contributed by atoms with van der Waals surface area (Å²) < 4.78 is 62.3. The van der Waals surface area contributed by atoms with E-state index < -0.39 is 32.7 Å². The van der Waals surface area contributed by atoms with Crippen molar-refractivity contribution in [3.8, 4) is 0 Å². The van der Waals surface area contributed by atoms with Gasteiger partial charge in [0.25, 0.3) is 11.1 Å². The summed E-state index contributed by atoms with van der Waals surface area (Å²) in [6, 6.07) is 5.75. The quantitative estimate of drug-likeness (QED) is 0.785. The van der Waals surface area contributed by atoms with Crippen LogP contribution in [0.15, 0.2) is 52.8 Å². The second kappa shape index (κ2) is 6.41. The van der Waals surface area contributed by atoms with Crippen LogP contribution >= 0.6 is 0 Å². The van der Waals surface area contributed by atoms with E-state index in [1.54, 1.807) is 0 Å². The maximum atomic E-state index is 12.6. The lowest BCUT2D eigenvalue weighted by Gasteiger charge is -2.24. The van der Waals surface area contributed by atoms with Crippen molar-refractivity contribution < 1.29 is 31.5 Å². The van der Waals surface area contributed by atoms with Crippen LogP contribution < -0.4 is 5.32 Å². The lowest BCUT2D eigenvalue weighted by Crippen LogP contribution is -2.52. The molecule has 2 aromatic rings. The van der Waals surface area contributed by atoms with Crippen molar-refractivity contribution >= 4 is 21.4 Å².